The van der Waals surface area contributed by atoms with Crippen molar-refractivity contribution in [1.82, 2.24) is 29.9 Å². The van der Waals surface area contributed by atoms with Gasteiger partial charge in [-0.25, -0.2) is 13.8 Å². The highest BCUT2D eigenvalue weighted by Gasteiger charge is 2.27. The predicted octanol–water partition coefficient (Wildman–Crippen LogP) is 4.55. The molecule has 1 saturated heterocycles. The number of piperidine rings is 1. The van der Waals surface area contributed by atoms with Crippen molar-refractivity contribution in [3.63, 3.8) is 0 Å². The standard InChI is InChI=1S/C32H32F2N8O2/c1-40(2)19-25-5-3-4-16-41(25)30-28-21(12-14-35-29(28)38-39-30)17-20-6-9-23(18-27(20)34)37-31(43)26-13-15-36-42(32(26)44)24-10-7-22(33)8-11-24/h6-15,18,25H,3-5,16-17,19H2,1-2H3,(H,37,43)(H,35,38,39). The summed E-state index contributed by atoms with van der Waals surface area (Å²) >= 11 is 0. The number of likely N-dealkylation sites (N-methyl/N-ethyl adjacent to an activating group) is 1. The summed E-state index contributed by atoms with van der Waals surface area (Å²) in [6.07, 6.45) is 6.61. The molecule has 5 aromatic rings. The Morgan fingerprint density at radius 2 is 1.86 bits per heavy atom. The summed E-state index contributed by atoms with van der Waals surface area (Å²) in [5.41, 5.74) is 1.61. The number of anilines is 2. The fourth-order valence-corrected chi connectivity index (χ4v) is 5.77. The topological polar surface area (TPSA) is 112 Å². The van der Waals surface area contributed by atoms with Crippen LogP contribution in [0.4, 0.5) is 20.3 Å². The highest BCUT2D eigenvalue weighted by Crippen LogP contribution is 2.33. The molecule has 226 valence electrons. The van der Waals surface area contributed by atoms with Crippen LogP contribution >= 0.6 is 0 Å². The average Bonchev–Trinajstić information content (AvgIpc) is 3.44. The maximum atomic E-state index is 15.5. The molecular weight excluding hydrogens is 566 g/mol. The van der Waals surface area contributed by atoms with Crippen molar-refractivity contribution in [3.05, 3.63) is 106 Å². The molecule has 1 amide bonds. The van der Waals surface area contributed by atoms with Gasteiger partial charge in [0.25, 0.3) is 11.5 Å². The number of H-pyrrole nitrogens is 1. The van der Waals surface area contributed by atoms with Crippen LogP contribution in [0.5, 0.6) is 0 Å². The molecule has 6 rings (SSSR count). The van der Waals surface area contributed by atoms with Gasteiger partial charge in [0.2, 0.25) is 0 Å². The van der Waals surface area contributed by atoms with Crippen molar-refractivity contribution in [2.75, 3.05) is 37.4 Å². The summed E-state index contributed by atoms with van der Waals surface area (Å²) in [4.78, 5) is 35.0. The number of fused-ring (bicyclic) bond motifs is 1. The van der Waals surface area contributed by atoms with Gasteiger partial charge in [-0.1, -0.05) is 6.07 Å². The molecule has 2 aromatic carbocycles. The van der Waals surface area contributed by atoms with E-state index < -0.39 is 23.1 Å². The Morgan fingerprint density at radius 1 is 1.05 bits per heavy atom. The van der Waals surface area contributed by atoms with E-state index in [0.717, 1.165) is 47.4 Å². The molecule has 0 bridgehead atoms. The molecule has 1 atom stereocenters. The second-order valence-corrected chi connectivity index (χ2v) is 11.2. The number of hydrogen-bond donors (Lipinski definition) is 2. The Bertz CT molecular complexity index is 1870. The minimum Gasteiger partial charge on any atom is -0.350 e. The van der Waals surface area contributed by atoms with Crippen molar-refractivity contribution >= 4 is 28.4 Å². The molecule has 0 aliphatic carbocycles. The molecule has 1 aliphatic heterocycles. The molecule has 1 aliphatic rings. The zero-order valence-electron chi connectivity index (χ0n) is 24.4. The molecule has 12 heteroatoms. The first-order chi connectivity index (χ1) is 21.3. The number of rotatable bonds is 8. The van der Waals surface area contributed by atoms with Crippen molar-refractivity contribution in [3.8, 4) is 5.69 Å². The molecule has 4 heterocycles. The lowest BCUT2D eigenvalue weighted by Gasteiger charge is -2.37. The van der Waals surface area contributed by atoms with Gasteiger partial charge in [-0.15, -0.1) is 0 Å². The molecule has 2 N–H and O–H groups in total. The maximum absolute atomic E-state index is 15.5. The summed E-state index contributed by atoms with van der Waals surface area (Å²) in [7, 11) is 4.14. The fourth-order valence-electron chi connectivity index (χ4n) is 5.77. The van der Waals surface area contributed by atoms with Gasteiger partial charge in [0.05, 0.1) is 11.1 Å². The molecule has 0 saturated carbocycles. The first kappa shape index (κ1) is 29.1. The quantitative estimate of drug-likeness (QED) is 0.270. The molecule has 3 aromatic heterocycles. The van der Waals surface area contributed by atoms with E-state index in [9.17, 15) is 14.0 Å². The van der Waals surface area contributed by atoms with Crippen molar-refractivity contribution in [2.45, 2.75) is 31.7 Å². The highest BCUT2D eigenvalue weighted by molar-refractivity contribution is 6.04. The number of nitrogens with one attached hydrogen (secondary N) is 2. The summed E-state index contributed by atoms with van der Waals surface area (Å²) in [5, 5.41) is 15.2. The van der Waals surface area contributed by atoms with E-state index in [1.54, 1.807) is 18.3 Å². The van der Waals surface area contributed by atoms with Gasteiger partial charge in [0.15, 0.2) is 11.5 Å². The Morgan fingerprint density at radius 3 is 2.64 bits per heavy atom. The van der Waals surface area contributed by atoms with Crippen molar-refractivity contribution < 1.29 is 13.6 Å². The van der Waals surface area contributed by atoms with Crippen molar-refractivity contribution in [1.29, 1.82) is 0 Å². The van der Waals surface area contributed by atoms with E-state index in [1.165, 1.54) is 49.0 Å². The predicted molar refractivity (Wildman–Crippen MR) is 164 cm³/mol. The number of carbonyl (C=O) groups excluding carboxylic acids is 1. The van der Waals surface area contributed by atoms with Gasteiger partial charge in [0.1, 0.15) is 17.2 Å². The van der Waals surface area contributed by atoms with E-state index in [0.29, 0.717) is 29.4 Å². The fraction of sp³-hybridized carbons (Fsp3) is 0.281. The van der Waals surface area contributed by atoms with E-state index in [2.05, 4.69) is 49.5 Å². The number of hydrogen-bond acceptors (Lipinski definition) is 7. The van der Waals surface area contributed by atoms with Crippen LogP contribution in [0.3, 0.4) is 0 Å². The second-order valence-electron chi connectivity index (χ2n) is 11.2. The molecule has 10 nitrogen and oxygen atoms in total. The third kappa shape index (κ3) is 5.93. The Labute approximate surface area is 252 Å². The van der Waals surface area contributed by atoms with Gasteiger partial charge in [0, 0.05) is 43.6 Å². The summed E-state index contributed by atoms with van der Waals surface area (Å²) < 4.78 is 29.8. The zero-order chi connectivity index (χ0) is 30.8. The van der Waals surface area contributed by atoms with E-state index in [1.807, 2.05) is 6.07 Å². The number of aromatic nitrogens is 5. The van der Waals surface area contributed by atoms with Crippen LogP contribution < -0.4 is 15.8 Å². The lowest BCUT2D eigenvalue weighted by Crippen LogP contribution is -2.45. The van der Waals surface area contributed by atoms with Crippen LogP contribution in [0.15, 0.2) is 71.8 Å². The second kappa shape index (κ2) is 12.3. The number of amides is 1. The average molecular weight is 599 g/mol. The minimum atomic E-state index is -0.715. The number of benzene rings is 2. The van der Waals surface area contributed by atoms with Gasteiger partial charge in [-0.3, -0.25) is 14.7 Å². The van der Waals surface area contributed by atoms with Gasteiger partial charge >= 0.3 is 0 Å². The first-order valence-electron chi connectivity index (χ1n) is 14.5. The van der Waals surface area contributed by atoms with Crippen LogP contribution in [0.1, 0.15) is 40.7 Å². The molecule has 0 spiro atoms. The van der Waals surface area contributed by atoms with Crippen molar-refractivity contribution in [2.24, 2.45) is 0 Å². The zero-order valence-corrected chi connectivity index (χ0v) is 24.4. The smallest absolute Gasteiger partial charge is 0.284 e. The van der Waals surface area contributed by atoms with E-state index in [4.69, 9.17) is 0 Å². The van der Waals surface area contributed by atoms with Gasteiger partial charge in [-0.05, 0) is 93.0 Å². The Kier molecular flexibility index (Phi) is 8.16. The first-order valence-corrected chi connectivity index (χ1v) is 14.5. The van der Waals surface area contributed by atoms with Gasteiger partial charge in [-0.2, -0.15) is 14.9 Å². The summed E-state index contributed by atoms with van der Waals surface area (Å²) in [6.45, 7) is 1.80. The summed E-state index contributed by atoms with van der Waals surface area (Å²) in [6, 6.07) is 13.1. The number of nitrogens with zero attached hydrogens (tertiary/aromatic N) is 6. The lowest BCUT2D eigenvalue weighted by atomic mass is 9.99. The third-order valence-electron chi connectivity index (χ3n) is 7.86. The Hall–Kier alpha value is -4.97. The highest BCUT2D eigenvalue weighted by atomic mass is 19.1. The largest absolute Gasteiger partial charge is 0.350 e. The summed E-state index contributed by atoms with van der Waals surface area (Å²) in [5.74, 6) is -0.842. The maximum Gasteiger partial charge on any atom is 0.284 e. The van der Waals surface area contributed by atoms with Crippen LogP contribution in [-0.4, -0.2) is 69.0 Å². The lowest BCUT2D eigenvalue weighted by molar-refractivity contribution is 0.102. The molecular formula is C32H32F2N8O2. The monoisotopic (exact) mass is 598 g/mol. The van der Waals surface area contributed by atoms with Gasteiger partial charge < -0.3 is 15.1 Å². The molecule has 44 heavy (non-hydrogen) atoms. The van der Waals surface area contributed by atoms with Crippen LogP contribution in [-0.2, 0) is 6.42 Å². The SMILES string of the molecule is CN(C)CC1CCCCN1c1n[nH]c2nccc(Cc3ccc(NC(=O)c4ccnn(-c5ccc(F)cc5)c4=O)cc3F)c12. The van der Waals surface area contributed by atoms with Crippen LogP contribution in [0, 0.1) is 11.6 Å². The normalized spacial score (nSPS) is 15.2. The number of aromatic amines is 1. The van der Waals surface area contributed by atoms with E-state index >= 15 is 4.39 Å². The number of pyridine rings is 1. The number of carbonyl (C=O) groups is 1. The molecule has 0 radical (unpaired) electrons. The number of halogens is 2. The molecule has 1 unspecified atom stereocenters. The van der Waals surface area contributed by atoms with Crippen LogP contribution in [0.25, 0.3) is 16.7 Å². The minimum absolute atomic E-state index is 0.189. The van der Waals surface area contributed by atoms with E-state index in [-0.39, 0.29) is 11.3 Å². The third-order valence-corrected chi connectivity index (χ3v) is 7.86. The molecule has 1 fully saturated rings. The van der Waals surface area contributed by atoms with Crippen LogP contribution in [0.2, 0.25) is 0 Å². The Balaban J connectivity index is 1.23.